The largest absolute Gasteiger partial charge is 0.0651 e. The van der Waals surface area contributed by atoms with Crippen LogP contribution in [0.15, 0.2) is 0 Å². The third-order valence-electron chi connectivity index (χ3n) is 2.20. The van der Waals surface area contributed by atoms with Gasteiger partial charge in [0.05, 0.1) is 0 Å². The van der Waals surface area contributed by atoms with Crippen LogP contribution < -0.4 is 0 Å². The topological polar surface area (TPSA) is 0 Å². The van der Waals surface area contributed by atoms with Crippen LogP contribution in [0, 0.1) is 11.8 Å². The van der Waals surface area contributed by atoms with Gasteiger partial charge < -0.3 is 0 Å². The summed E-state index contributed by atoms with van der Waals surface area (Å²) in [5.41, 5.74) is 0. The van der Waals surface area contributed by atoms with Gasteiger partial charge in [0.2, 0.25) is 0 Å². The monoisotopic (exact) mass is 128 g/mol. The molecule has 0 unspecified atom stereocenters. The second kappa shape index (κ2) is 4.84. The van der Waals surface area contributed by atoms with Crippen molar-refractivity contribution in [1.29, 1.82) is 0 Å². The summed E-state index contributed by atoms with van der Waals surface area (Å²) in [7, 11) is 0. The second-order valence-electron chi connectivity index (χ2n) is 3.26. The zero-order valence-corrected chi connectivity index (χ0v) is 7.28. The molecule has 0 fully saturated rings. The fraction of sp³-hybridized carbons (Fsp3) is 1.00. The standard InChI is InChI=1S/C9H20/c1-5-8(3)7-9(4)6-2/h8-9H,5-7H2,1-4H3/t8-,9-/m1/s1. The van der Waals surface area contributed by atoms with E-state index in [0.717, 1.165) is 11.8 Å². The molecule has 0 amide bonds. The Kier molecular flexibility index (Phi) is 4.84. The van der Waals surface area contributed by atoms with Crippen molar-refractivity contribution in [2.45, 2.75) is 47.0 Å². The van der Waals surface area contributed by atoms with Crippen LogP contribution in [0.4, 0.5) is 0 Å². The first-order valence-electron chi connectivity index (χ1n) is 4.20. The molecule has 0 radical (unpaired) electrons. The smallest absolute Gasteiger partial charge is 0.0443 e. The highest BCUT2D eigenvalue weighted by Crippen LogP contribution is 2.16. The molecule has 0 saturated carbocycles. The van der Waals surface area contributed by atoms with E-state index in [0.29, 0.717) is 0 Å². The molecule has 0 N–H and O–H groups in total. The van der Waals surface area contributed by atoms with Gasteiger partial charge in [-0.15, -0.1) is 0 Å². The first kappa shape index (κ1) is 9.00. The zero-order chi connectivity index (χ0) is 7.28. The maximum Gasteiger partial charge on any atom is -0.0443 e. The minimum absolute atomic E-state index is 0.931. The van der Waals surface area contributed by atoms with E-state index in [-0.39, 0.29) is 0 Å². The fourth-order valence-electron chi connectivity index (χ4n) is 1.02. The van der Waals surface area contributed by atoms with E-state index in [1.807, 2.05) is 0 Å². The Balaban J connectivity index is 3.22. The van der Waals surface area contributed by atoms with Gasteiger partial charge in [-0.25, -0.2) is 0 Å². The summed E-state index contributed by atoms with van der Waals surface area (Å²) in [6.07, 6.45) is 4.08. The van der Waals surface area contributed by atoms with Crippen molar-refractivity contribution in [2.24, 2.45) is 11.8 Å². The summed E-state index contributed by atoms with van der Waals surface area (Å²) in [6, 6.07) is 0. The van der Waals surface area contributed by atoms with E-state index in [2.05, 4.69) is 27.7 Å². The summed E-state index contributed by atoms with van der Waals surface area (Å²) in [5, 5.41) is 0. The summed E-state index contributed by atoms with van der Waals surface area (Å²) < 4.78 is 0. The lowest BCUT2D eigenvalue weighted by molar-refractivity contribution is 0.397. The van der Waals surface area contributed by atoms with Crippen molar-refractivity contribution < 1.29 is 0 Å². The molecule has 0 aromatic carbocycles. The molecule has 0 bridgehead atoms. The average molecular weight is 128 g/mol. The van der Waals surface area contributed by atoms with E-state index in [1.54, 1.807) is 0 Å². The zero-order valence-electron chi connectivity index (χ0n) is 7.28. The quantitative estimate of drug-likeness (QED) is 0.544. The van der Waals surface area contributed by atoms with Gasteiger partial charge in [0.1, 0.15) is 0 Å². The van der Waals surface area contributed by atoms with Crippen LogP contribution in [-0.2, 0) is 0 Å². The maximum absolute atomic E-state index is 2.34. The predicted molar refractivity (Wildman–Crippen MR) is 43.5 cm³/mol. The van der Waals surface area contributed by atoms with Crippen LogP contribution in [0.5, 0.6) is 0 Å². The molecule has 56 valence electrons. The lowest BCUT2D eigenvalue weighted by atomic mass is 9.94. The molecular weight excluding hydrogens is 108 g/mol. The number of hydrogen-bond donors (Lipinski definition) is 0. The molecule has 0 aliphatic heterocycles. The molecule has 0 heteroatoms. The van der Waals surface area contributed by atoms with Gasteiger partial charge in [0, 0.05) is 0 Å². The fourth-order valence-corrected chi connectivity index (χ4v) is 1.02. The Morgan fingerprint density at radius 2 is 1.22 bits per heavy atom. The molecule has 0 aliphatic carbocycles. The molecule has 0 aromatic heterocycles. The van der Waals surface area contributed by atoms with E-state index in [9.17, 15) is 0 Å². The lowest BCUT2D eigenvalue weighted by Gasteiger charge is -2.12. The molecular formula is C9H20. The number of hydrogen-bond acceptors (Lipinski definition) is 0. The van der Waals surface area contributed by atoms with Crippen molar-refractivity contribution in [3.05, 3.63) is 0 Å². The highest BCUT2D eigenvalue weighted by molar-refractivity contribution is 4.55. The summed E-state index contributed by atoms with van der Waals surface area (Å²) >= 11 is 0. The van der Waals surface area contributed by atoms with Crippen molar-refractivity contribution in [3.8, 4) is 0 Å². The van der Waals surface area contributed by atoms with Crippen LogP contribution in [0.2, 0.25) is 0 Å². The Labute approximate surface area is 59.7 Å². The Morgan fingerprint density at radius 1 is 0.889 bits per heavy atom. The van der Waals surface area contributed by atoms with E-state index in [1.165, 1.54) is 19.3 Å². The van der Waals surface area contributed by atoms with E-state index >= 15 is 0 Å². The summed E-state index contributed by atoms with van der Waals surface area (Å²) in [4.78, 5) is 0. The highest BCUT2D eigenvalue weighted by Gasteiger charge is 2.03. The highest BCUT2D eigenvalue weighted by atomic mass is 14.1. The second-order valence-corrected chi connectivity index (χ2v) is 3.26. The van der Waals surface area contributed by atoms with Crippen LogP contribution in [0.25, 0.3) is 0 Å². The maximum atomic E-state index is 2.34. The van der Waals surface area contributed by atoms with Gasteiger partial charge >= 0.3 is 0 Å². The van der Waals surface area contributed by atoms with Gasteiger partial charge in [0.15, 0.2) is 0 Å². The van der Waals surface area contributed by atoms with Crippen molar-refractivity contribution in [2.75, 3.05) is 0 Å². The third-order valence-corrected chi connectivity index (χ3v) is 2.20. The summed E-state index contributed by atoms with van der Waals surface area (Å²) in [6.45, 7) is 9.22. The molecule has 0 rings (SSSR count). The average Bonchev–Trinajstić information content (AvgIpc) is 1.87. The van der Waals surface area contributed by atoms with Crippen LogP contribution in [0.3, 0.4) is 0 Å². The third kappa shape index (κ3) is 4.50. The minimum atomic E-state index is 0.931. The predicted octanol–water partition coefficient (Wildman–Crippen LogP) is 3.47. The Morgan fingerprint density at radius 3 is 1.44 bits per heavy atom. The van der Waals surface area contributed by atoms with Gasteiger partial charge in [-0.1, -0.05) is 40.5 Å². The van der Waals surface area contributed by atoms with Gasteiger partial charge in [-0.05, 0) is 18.3 Å². The van der Waals surface area contributed by atoms with Gasteiger partial charge in [-0.2, -0.15) is 0 Å². The Bertz CT molecular complexity index is 49.1. The van der Waals surface area contributed by atoms with Crippen LogP contribution in [0.1, 0.15) is 47.0 Å². The first-order chi connectivity index (χ1) is 4.20. The molecule has 2 atom stereocenters. The van der Waals surface area contributed by atoms with Gasteiger partial charge in [0.25, 0.3) is 0 Å². The summed E-state index contributed by atoms with van der Waals surface area (Å²) in [5.74, 6) is 1.86. The lowest BCUT2D eigenvalue weighted by Crippen LogP contribution is -2.00. The normalized spacial score (nSPS) is 17.3. The molecule has 0 spiro atoms. The molecule has 0 heterocycles. The Hall–Kier alpha value is 0. The molecule has 0 saturated heterocycles. The first-order valence-corrected chi connectivity index (χ1v) is 4.20. The molecule has 0 nitrogen and oxygen atoms in total. The van der Waals surface area contributed by atoms with Crippen LogP contribution >= 0.6 is 0 Å². The van der Waals surface area contributed by atoms with Crippen LogP contribution in [-0.4, -0.2) is 0 Å². The number of rotatable bonds is 4. The molecule has 9 heavy (non-hydrogen) atoms. The minimum Gasteiger partial charge on any atom is -0.0651 e. The van der Waals surface area contributed by atoms with Crippen molar-refractivity contribution >= 4 is 0 Å². The van der Waals surface area contributed by atoms with E-state index < -0.39 is 0 Å². The molecule has 0 aliphatic rings. The molecule has 0 aromatic rings. The van der Waals surface area contributed by atoms with Gasteiger partial charge in [-0.3, -0.25) is 0 Å². The SMILES string of the molecule is CC[C@@H](C)C[C@H](C)CC. The van der Waals surface area contributed by atoms with E-state index in [4.69, 9.17) is 0 Å². The van der Waals surface area contributed by atoms with Crippen molar-refractivity contribution in [3.63, 3.8) is 0 Å². The van der Waals surface area contributed by atoms with Crippen molar-refractivity contribution in [1.82, 2.24) is 0 Å².